The number of amides is 1. The summed E-state index contributed by atoms with van der Waals surface area (Å²) in [6.07, 6.45) is 0.767. The molecule has 5 nitrogen and oxygen atoms in total. The molecule has 0 spiro atoms. The van der Waals surface area contributed by atoms with Crippen molar-refractivity contribution in [3.63, 3.8) is 0 Å². The lowest BCUT2D eigenvalue weighted by atomic mass is 10.0. The lowest BCUT2D eigenvalue weighted by molar-refractivity contribution is -0.123. The highest BCUT2D eigenvalue weighted by Gasteiger charge is 2.29. The summed E-state index contributed by atoms with van der Waals surface area (Å²) in [5.41, 5.74) is 0.987. The Kier molecular flexibility index (Phi) is 4.49. The number of rotatable bonds is 5. The number of nitrogens with one attached hydrogen (secondary N) is 2. The summed E-state index contributed by atoms with van der Waals surface area (Å²) < 4.78 is 5.56. The number of hydrogen-bond donors (Lipinski definition) is 3. The third kappa shape index (κ3) is 3.22. The molecule has 0 bridgehead atoms. The van der Waals surface area contributed by atoms with E-state index in [0.717, 1.165) is 12.0 Å². The number of phenols is 1. The van der Waals surface area contributed by atoms with Crippen molar-refractivity contribution < 1.29 is 14.6 Å². The second-order valence-electron chi connectivity index (χ2n) is 5.55. The molecule has 2 rings (SSSR count). The molecule has 2 unspecified atom stereocenters. The lowest BCUT2D eigenvalue weighted by Crippen LogP contribution is -2.45. The molecule has 1 heterocycles. The van der Waals surface area contributed by atoms with E-state index in [4.69, 9.17) is 4.74 Å². The van der Waals surface area contributed by atoms with Gasteiger partial charge in [-0.1, -0.05) is 13.8 Å². The number of carbonyl (C=O) groups is 1. The van der Waals surface area contributed by atoms with Crippen LogP contribution in [-0.2, 0) is 4.79 Å². The summed E-state index contributed by atoms with van der Waals surface area (Å²) >= 11 is 0. The van der Waals surface area contributed by atoms with Gasteiger partial charge in [-0.05, 0) is 24.5 Å². The van der Waals surface area contributed by atoms with E-state index in [-0.39, 0.29) is 23.7 Å². The number of ether oxygens (including phenoxy) is 1. The summed E-state index contributed by atoms with van der Waals surface area (Å²) in [4.78, 5) is 11.9. The Hall–Kier alpha value is -1.75. The first-order valence-corrected chi connectivity index (χ1v) is 6.94. The molecule has 1 aromatic carbocycles. The molecular formula is C15H22N2O3. The standard InChI is InChI=1S/C15H22N2O3/c1-9(2)6-12(15(19)16-3)17-13-8-20-14-7-10(18)4-5-11(13)14/h4-5,7,9,12-13,17-18H,6,8H2,1-3H3,(H,16,19). The number of likely N-dealkylation sites (N-methyl/N-ethyl adjacent to an activating group) is 1. The number of phenolic OH excluding ortho intramolecular Hbond substituents is 1. The molecule has 1 aromatic rings. The average Bonchev–Trinajstić information content (AvgIpc) is 2.78. The van der Waals surface area contributed by atoms with Crippen molar-refractivity contribution in [1.82, 2.24) is 10.6 Å². The molecule has 0 fully saturated rings. The maximum Gasteiger partial charge on any atom is 0.236 e. The van der Waals surface area contributed by atoms with E-state index in [9.17, 15) is 9.90 Å². The molecule has 1 aliphatic heterocycles. The molecule has 0 saturated carbocycles. The van der Waals surface area contributed by atoms with Gasteiger partial charge in [0.1, 0.15) is 18.1 Å². The first-order chi connectivity index (χ1) is 9.51. The van der Waals surface area contributed by atoms with Gasteiger partial charge < -0.3 is 15.2 Å². The fourth-order valence-corrected chi connectivity index (χ4v) is 2.48. The smallest absolute Gasteiger partial charge is 0.236 e. The van der Waals surface area contributed by atoms with Crippen LogP contribution < -0.4 is 15.4 Å². The van der Waals surface area contributed by atoms with Crippen LogP contribution in [0.15, 0.2) is 18.2 Å². The van der Waals surface area contributed by atoms with Crippen molar-refractivity contribution >= 4 is 5.91 Å². The molecule has 0 aliphatic carbocycles. The van der Waals surface area contributed by atoms with Crippen molar-refractivity contribution in [3.8, 4) is 11.5 Å². The zero-order chi connectivity index (χ0) is 14.7. The average molecular weight is 278 g/mol. The Morgan fingerprint density at radius 2 is 2.25 bits per heavy atom. The van der Waals surface area contributed by atoms with Gasteiger partial charge in [-0.2, -0.15) is 0 Å². The van der Waals surface area contributed by atoms with Crippen LogP contribution in [0, 0.1) is 5.92 Å². The minimum atomic E-state index is -0.242. The van der Waals surface area contributed by atoms with Gasteiger partial charge in [-0.25, -0.2) is 0 Å². The Morgan fingerprint density at radius 1 is 1.50 bits per heavy atom. The highest BCUT2D eigenvalue weighted by Crippen LogP contribution is 2.35. The number of carbonyl (C=O) groups excluding carboxylic acids is 1. The Balaban J connectivity index is 2.11. The zero-order valence-electron chi connectivity index (χ0n) is 12.1. The summed E-state index contributed by atoms with van der Waals surface area (Å²) in [5, 5.41) is 15.5. The van der Waals surface area contributed by atoms with Gasteiger partial charge in [0.25, 0.3) is 0 Å². The maximum atomic E-state index is 11.9. The molecule has 0 aromatic heterocycles. The van der Waals surface area contributed by atoms with Crippen LogP contribution in [0.25, 0.3) is 0 Å². The van der Waals surface area contributed by atoms with Crippen LogP contribution in [0.4, 0.5) is 0 Å². The van der Waals surface area contributed by atoms with Crippen molar-refractivity contribution in [2.75, 3.05) is 13.7 Å². The number of fused-ring (bicyclic) bond motifs is 1. The molecule has 3 N–H and O–H groups in total. The van der Waals surface area contributed by atoms with Gasteiger partial charge in [0.15, 0.2) is 0 Å². The fourth-order valence-electron chi connectivity index (χ4n) is 2.48. The highest BCUT2D eigenvalue weighted by molar-refractivity contribution is 5.81. The van der Waals surface area contributed by atoms with Crippen LogP contribution in [0.3, 0.4) is 0 Å². The van der Waals surface area contributed by atoms with Crippen molar-refractivity contribution in [2.45, 2.75) is 32.4 Å². The van der Waals surface area contributed by atoms with E-state index < -0.39 is 0 Å². The van der Waals surface area contributed by atoms with E-state index in [1.54, 1.807) is 19.2 Å². The van der Waals surface area contributed by atoms with Crippen molar-refractivity contribution in [3.05, 3.63) is 23.8 Å². The maximum absolute atomic E-state index is 11.9. The van der Waals surface area contributed by atoms with Crippen LogP contribution in [0.2, 0.25) is 0 Å². The molecule has 110 valence electrons. The van der Waals surface area contributed by atoms with E-state index in [2.05, 4.69) is 24.5 Å². The highest BCUT2D eigenvalue weighted by atomic mass is 16.5. The van der Waals surface area contributed by atoms with E-state index in [0.29, 0.717) is 18.3 Å². The topological polar surface area (TPSA) is 70.6 Å². The summed E-state index contributed by atoms with van der Waals surface area (Å²) in [6.45, 7) is 4.66. The molecule has 1 aliphatic rings. The largest absolute Gasteiger partial charge is 0.508 e. The first kappa shape index (κ1) is 14.7. The fraction of sp³-hybridized carbons (Fsp3) is 0.533. The molecule has 20 heavy (non-hydrogen) atoms. The van der Waals surface area contributed by atoms with Gasteiger partial charge in [0.05, 0.1) is 12.1 Å². The summed E-state index contributed by atoms with van der Waals surface area (Å²) in [5.74, 6) is 1.29. The molecular weight excluding hydrogens is 256 g/mol. The monoisotopic (exact) mass is 278 g/mol. The normalized spacial score (nSPS) is 18.5. The summed E-state index contributed by atoms with van der Waals surface area (Å²) in [6, 6.07) is 4.82. The lowest BCUT2D eigenvalue weighted by Gasteiger charge is -2.22. The van der Waals surface area contributed by atoms with Crippen LogP contribution in [-0.4, -0.2) is 30.7 Å². The SMILES string of the molecule is CNC(=O)C(CC(C)C)NC1COc2cc(O)ccc21. The quantitative estimate of drug-likeness (QED) is 0.764. The van der Waals surface area contributed by atoms with Gasteiger partial charge >= 0.3 is 0 Å². The second kappa shape index (κ2) is 6.13. The minimum absolute atomic E-state index is 0.00840. The Morgan fingerprint density at radius 3 is 2.90 bits per heavy atom. The minimum Gasteiger partial charge on any atom is -0.508 e. The van der Waals surface area contributed by atoms with Gasteiger partial charge in [-0.15, -0.1) is 0 Å². The van der Waals surface area contributed by atoms with E-state index in [1.165, 1.54) is 0 Å². The second-order valence-corrected chi connectivity index (χ2v) is 5.55. The molecule has 2 atom stereocenters. The Bertz CT molecular complexity index is 488. The number of aromatic hydroxyl groups is 1. The van der Waals surface area contributed by atoms with Crippen LogP contribution >= 0.6 is 0 Å². The van der Waals surface area contributed by atoms with Gasteiger partial charge in [0.2, 0.25) is 5.91 Å². The molecule has 0 radical (unpaired) electrons. The van der Waals surface area contributed by atoms with E-state index in [1.807, 2.05) is 6.07 Å². The van der Waals surface area contributed by atoms with Gasteiger partial charge in [0, 0.05) is 18.7 Å². The number of benzene rings is 1. The summed E-state index contributed by atoms with van der Waals surface area (Å²) in [7, 11) is 1.65. The molecule has 5 heteroatoms. The number of hydrogen-bond acceptors (Lipinski definition) is 4. The predicted molar refractivity (Wildman–Crippen MR) is 76.8 cm³/mol. The Labute approximate surface area is 119 Å². The van der Waals surface area contributed by atoms with Gasteiger partial charge in [-0.3, -0.25) is 10.1 Å². The molecule has 1 amide bonds. The third-order valence-electron chi connectivity index (χ3n) is 3.45. The van der Waals surface area contributed by atoms with Crippen LogP contribution in [0.5, 0.6) is 11.5 Å². The van der Waals surface area contributed by atoms with Crippen molar-refractivity contribution in [1.29, 1.82) is 0 Å². The predicted octanol–water partition coefficient (Wildman–Crippen LogP) is 1.58. The molecule has 0 saturated heterocycles. The van der Waals surface area contributed by atoms with E-state index >= 15 is 0 Å². The zero-order valence-corrected chi connectivity index (χ0v) is 12.1. The third-order valence-corrected chi connectivity index (χ3v) is 3.45. The van der Waals surface area contributed by atoms with Crippen molar-refractivity contribution in [2.24, 2.45) is 5.92 Å². The first-order valence-electron chi connectivity index (χ1n) is 6.94. The van der Waals surface area contributed by atoms with Crippen LogP contribution in [0.1, 0.15) is 31.9 Å².